The normalized spacial score (nSPS) is 11.4. The Balaban J connectivity index is 2.29. The monoisotopic (exact) mass is 291 g/mol. The number of aromatic carboxylic acids is 1. The van der Waals surface area contributed by atoms with E-state index in [9.17, 15) is 9.59 Å². The van der Waals surface area contributed by atoms with E-state index in [-0.39, 0.29) is 11.3 Å². The maximum atomic E-state index is 12.0. The number of aromatic amines is 1. The highest BCUT2D eigenvalue weighted by Crippen LogP contribution is 2.13. The predicted molar refractivity (Wildman–Crippen MR) is 81.9 cm³/mol. The van der Waals surface area contributed by atoms with Crippen LogP contribution in [0.2, 0.25) is 0 Å². The summed E-state index contributed by atoms with van der Waals surface area (Å²) < 4.78 is 1.61. The Labute approximate surface area is 123 Å². The summed E-state index contributed by atoms with van der Waals surface area (Å²) in [6.45, 7) is 7.47. The van der Waals surface area contributed by atoms with Crippen molar-refractivity contribution in [1.29, 1.82) is 0 Å². The van der Waals surface area contributed by atoms with E-state index in [0.29, 0.717) is 17.6 Å². The van der Waals surface area contributed by atoms with Crippen LogP contribution in [0.1, 0.15) is 30.6 Å². The van der Waals surface area contributed by atoms with Crippen molar-refractivity contribution < 1.29 is 9.90 Å². The van der Waals surface area contributed by atoms with Crippen molar-refractivity contribution in [3.05, 3.63) is 34.2 Å². The molecule has 0 unspecified atom stereocenters. The summed E-state index contributed by atoms with van der Waals surface area (Å²) in [6, 6.07) is 4.69. The van der Waals surface area contributed by atoms with Gasteiger partial charge in [-0.25, -0.2) is 9.59 Å². The van der Waals surface area contributed by atoms with E-state index < -0.39 is 5.97 Å². The fourth-order valence-corrected chi connectivity index (χ4v) is 2.49. The van der Waals surface area contributed by atoms with Gasteiger partial charge in [-0.2, -0.15) is 0 Å². The van der Waals surface area contributed by atoms with Crippen molar-refractivity contribution in [1.82, 2.24) is 14.5 Å². The van der Waals surface area contributed by atoms with Crippen LogP contribution in [0, 0.1) is 0 Å². The van der Waals surface area contributed by atoms with Crippen molar-refractivity contribution in [2.24, 2.45) is 0 Å². The molecule has 0 bridgehead atoms. The van der Waals surface area contributed by atoms with Crippen LogP contribution in [-0.2, 0) is 6.54 Å². The molecule has 1 heterocycles. The number of H-pyrrole nitrogens is 1. The molecule has 0 saturated carbocycles. The summed E-state index contributed by atoms with van der Waals surface area (Å²) in [5, 5.41) is 9.06. The molecule has 0 aliphatic carbocycles. The maximum Gasteiger partial charge on any atom is 0.335 e. The van der Waals surface area contributed by atoms with Gasteiger partial charge in [-0.15, -0.1) is 0 Å². The first kappa shape index (κ1) is 15.3. The summed E-state index contributed by atoms with van der Waals surface area (Å²) in [7, 11) is 0. The van der Waals surface area contributed by atoms with Gasteiger partial charge in [0.15, 0.2) is 0 Å². The van der Waals surface area contributed by atoms with Crippen LogP contribution in [0.4, 0.5) is 0 Å². The third kappa shape index (κ3) is 3.33. The molecule has 21 heavy (non-hydrogen) atoms. The molecule has 2 N–H and O–H groups in total. The fraction of sp³-hybridized carbons (Fsp3) is 0.467. The molecular formula is C15H21N3O3. The van der Waals surface area contributed by atoms with E-state index in [4.69, 9.17) is 5.11 Å². The lowest BCUT2D eigenvalue weighted by Gasteiger charge is -2.19. The molecule has 0 spiro atoms. The number of carboxylic acids is 1. The zero-order valence-electron chi connectivity index (χ0n) is 12.4. The quantitative estimate of drug-likeness (QED) is 0.815. The van der Waals surface area contributed by atoms with Crippen molar-refractivity contribution >= 4 is 17.0 Å². The van der Waals surface area contributed by atoms with Crippen molar-refractivity contribution in [2.45, 2.75) is 26.8 Å². The van der Waals surface area contributed by atoms with Crippen LogP contribution in [0.5, 0.6) is 0 Å². The van der Waals surface area contributed by atoms with Crippen LogP contribution in [0.15, 0.2) is 23.0 Å². The van der Waals surface area contributed by atoms with Crippen molar-refractivity contribution in [3.8, 4) is 0 Å². The minimum Gasteiger partial charge on any atom is -0.478 e. The number of nitrogens with one attached hydrogen (secondary N) is 1. The number of benzene rings is 1. The minimum atomic E-state index is -0.988. The fourth-order valence-electron chi connectivity index (χ4n) is 2.49. The molecule has 6 nitrogen and oxygen atoms in total. The van der Waals surface area contributed by atoms with E-state index in [0.717, 1.165) is 26.1 Å². The lowest BCUT2D eigenvalue weighted by atomic mass is 10.2. The number of imidazole rings is 1. The molecule has 2 aromatic rings. The van der Waals surface area contributed by atoms with Gasteiger partial charge in [-0.3, -0.25) is 4.57 Å². The molecule has 114 valence electrons. The van der Waals surface area contributed by atoms with Gasteiger partial charge in [0.2, 0.25) is 0 Å². The van der Waals surface area contributed by atoms with Crippen LogP contribution >= 0.6 is 0 Å². The number of hydrogen-bond donors (Lipinski definition) is 2. The Morgan fingerprint density at radius 3 is 2.71 bits per heavy atom. The third-order valence-electron chi connectivity index (χ3n) is 3.65. The second kappa shape index (κ2) is 6.58. The van der Waals surface area contributed by atoms with Crippen LogP contribution in [-0.4, -0.2) is 45.2 Å². The van der Waals surface area contributed by atoms with Gasteiger partial charge in [0.25, 0.3) is 0 Å². The molecule has 0 radical (unpaired) electrons. The lowest BCUT2D eigenvalue weighted by Crippen LogP contribution is -2.30. The molecule has 1 aromatic carbocycles. The largest absolute Gasteiger partial charge is 0.478 e. The van der Waals surface area contributed by atoms with Gasteiger partial charge in [0.1, 0.15) is 0 Å². The van der Waals surface area contributed by atoms with E-state index in [1.807, 2.05) is 0 Å². The number of aromatic nitrogens is 2. The van der Waals surface area contributed by atoms with Gasteiger partial charge in [0, 0.05) is 13.1 Å². The highest BCUT2D eigenvalue weighted by Gasteiger charge is 2.11. The maximum absolute atomic E-state index is 12.0. The Morgan fingerprint density at radius 1 is 1.33 bits per heavy atom. The van der Waals surface area contributed by atoms with Gasteiger partial charge in [-0.1, -0.05) is 13.8 Å². The number of carbonyl (C=O) groups is 1. The first-order valence-electron chi connectivity index (χ1n) is 7.25. The van der Waals surface area contributed by atoms with Crippen LogP contribution in [0.25, 0.3) is 11.0 Å². The Kier molecular flexibility index (Phi) is 4.80. The minimum absolute atomic E-state index is 0.191. The van der Waals surface area contributed by atoms with Gasteiger partial charge >= 0.3 is 11.7 Å². The smallest absolute Gasteiger partial charge is 0.335 e. The standard InChI is InChI=1S/C15H21N3O3/c1-3-7-17(4-2)8-9-18-13-10-11(14(19)20)5-6-12(13)16-15(18)21/h5-6,10H,3-4,7-9H2,1-2H3,(H,16,21)(H,19,20). The molecular weight excluding hydrogens is 270 g/mol. The summed E-state index contributed by atoms with van der Waals surface area (Å²) in [5.74, 6) is -0.988. The Bertz CT molecular complexity index is 687. The predicted octanol–water partition coefficient (Wildman–Crippen LogP) is 1.76. The number of likely N-dealkylation sites (N-methyl/N-ethyl adjacent to an activating group) is 1. The van der Waals surface area contributed by atoms with Crippen molar-refractivity contribution in [2.75, 3.05) is 19.6 Å². The highest BCUT2D eigenvalue weighted by atomic mass is 16.4. The zero-order valence-corrected chi connectivity index (χ0v) is 12.4. The number of fused-ring (bicyclic) bond motifs is 1. The summed E-state index contributed by atoms with van der Waals surface area (Å²) in [4.78, 5) is 28.1. The van der Waals surface area contributed by atoms with E-state index >= 15 is 0 Å². The Morgan fingerprint density at radius 2 is 2.10 bits per heavy atom. The molecule has 0 aliphatic heterocycles. The van der Waals surface area contributed by atoms with Crippen LogP contribution in [0.3, 0.4) is 0 Å². The third-order valence-corrected chi connectivity index (χ3v) is 3.65. The van der Waals surface area contributed by atoms with Gasteiger partial charge in [-0.05, 0) is 37.7 Å². The van der Waals surface area contributed by atoms with Gasteiger partial charge in [0.05, 0.1) is 16.6 Å². The molecule has 0 fully saturated rings. The second-order valence-electron chi connectivity index (χ2n) is 5.05. The molecule has 0 aliphatic rings. The summed E-state index contributed by atoms with van der Waals surface area (Å²) in [5.41, 5.74) is 1.31. The van der Waals surface area contributed by atoms with Crippen LogP contribution < -0.4 is 5.69 Å². The number of nitrogens with zero attached hydrogens (tertiary/aromatic N) is 2. The molecule has 0 amide bonds. The number of rotatable bonds is 7. The number of hydrogen-bond acceptors (Lipinski definition) is 3. The molecule has 0 atom stereocenters. The number of carboxylic acid groups (broad SMARTS) is 1. The first-order chi connectivity index (χ1) is 10.1. The average molecular weight is 291 g/mol. The summed E-state index contributed by atoms with van der Waals surface area (Å²) >= 11 is 0. The molecule has 1 aromatic heterocycles. The molecule has 6 heteroatoms. The summed E-state index contributed by atoms with van der Waals surface area (Å²) in [6.07, 6.45) is 1.07. The average Bonchev–Trinajstić information content (AvgIpc) is 2.78. The topological polar surface area (TPSA) is 78.3 Å². The zero-order chi connectivity index (χ0) is 15.4. The lowest BCUT2D eigenvalue weighted by molar-refractivity contribution is 0.0697. The van der Waals surface area contributed by atoms with E-state index in [1.54, 1.807) is 16.7 Å². The van der Waals surface area contributed by atoms with E-state index in [2.05, 4.69) is 23.7 Å². The van der Waals surface area contributed by atoms with Crippen molar-refractivity contribution in [3.63, 3.8) is 0 Å². The SMILES string of the molecule is CCCN(CC)CCn1c(=O)[nH]c2ccc(C(=O)O)cc21. The van der Waals surface area contributed by atoms with Gasteiger partial charge < -0.3 is 15.0 Å². The first-order valence-corrected chi connectivity index (χ1v) is 7.25. The second-order valence-corrected chi connectivity index (χ2v) is 5.05. The molecule has 2 rings (SSSR count). The van der Waals surface area contributed by atoms with E-state index in [1.165, 1.54) is 6.07 Å². The molecule has 0 saturated heterocycles. The highest BCUT2D eigenvalue weighted by molar-refractivity contribution is 5.92. The Hall–Kier alpha value is -2.08.